The molecule has 1 aromatic heterocycles. The highest BCUT2D eigenvalue weighted by molar-refractivity contribution is 5.98. The van der Waals surface area contributed by atoms with E-state index in [0.717, 1.165) is 17.7 Å². The minimum Gasteiger partial charge on any atom is -0.267 e. The molecular weight excluding hydrogens is 316 g/mol. The second-order valence-electron chi connectivity index (χ2n) is 5.47. The van der Waals surface area contributed by atoms with E-state index >= 15 is 0 Å². The molecule has 2 amide bonds. The van der Waals surface area contributed by atoms with Crippen LogP contribution in [-0.2, 0) is 6.42 Å². The third-order valence-corrected chi connectivity index (χ3v) is 3.78. The average molecular weight is 334 g/mol. The first-order chi connectivity index (χ1) is 12.2. The van der Waals surface area contributed by atoms with E-state index in [1.165, 1.54) is 6.20 Å². The molecule has 3 aromatic rings. The van der Waals surface area contributed by atoms with Gasteiger partial charge in [-0.2, -0.15) is 5.10 Å². The lowest BCUT2D eigenvalue weighted by Gasteiger charge is -2.06. The molecule has 0 unspecified atom stereocenters. The van der Waals surface area contributed by atoms with Gasteiger partial charge < -0.3 is 0 Å². The Morgan fingerprint density at radius 1 is 0.920 bits per heavy atom. The minimum absolute atomic E-state index is 0.352. The number of benzene rings is 2. The van der Waals surface area contributed by atoms with Crippen LogP contribution in [0.1, 0.15) is 33.2 Å². The fraction of sp³-hybridized carbons (Fsp3) is 0.105. The third kappa shape index (κ3) is 3.92. The predicted molar refractivity (Wildman–Crippen MR) is 94.3 cm³/mol. The number of nitrogens with one attached hydrogen (secondary N) is 2. The van der Waals surface area contributed by atoms with Crippen LogP contribution in [-0.4, -0.2) is 21.6 Å². The molecular formula is C19H18N4O2. The average Bonchev–Trinajstić information content (AvgIpc) is 3.17. The van der Waals surface area contributed by atoms with E-state index in [1.54, 1.807) is 23.0 Å². The molecule has 6 nitrogen and oxygen atoms in total. The summed E-state index contributed by atoms with van der Waals surface area (Å²) in [5, 5.41) is 4.15. The summed E-state index contributed by atoms with van der Waals surface area (Å²) in [6.07, 6.45) is 3.96. The highest BCUT2D eigenvalue weighted by atomic mass is 16.2. The molecule has 0 aliphatic carbocycles. The van der Waals surface area contributed by atoms with Gasteiger partial charge in [0.15, 0.2) is 0 Å². The number of aryl methyl sites for hydroxylation is 1. The summed E-state index contributed by atoms with van der Waals surface area (Å²) in [6, 6.07) is 16.7. The van der Waals surface area contributed by atoms with Crippen molar-refractivity contribution in [2.24, 2.45) is 0 Å². The molecule has 6 heteroatoms. The fourth-order valence-electron chi connectivity index (χ4n) is 2.31. The van der Waals surface area contributed by atoms with Crippen molar-refractivity contribution in [3.8, 4) is 5.69 Å². The van der Waals surface area contributed by atoms with Gasteiger partial charge in [-0.25, -0.2) is 4.68 Å². The molecule has 0 spiro atoms. The Morgan fingerprint density at radius 3 is 2.20 bits per heavy atom. The molecule has 0 saturated carbocycles. The van der Waals surface area contributed by atoms with Gasteiger partial charge in [0.05, 0.1) is 17.4 Å². The van der Waals surface area contributed by atoms with Crippen molar-refractivity contribution >= 4 is 11.8 Å². The second-order valence-corrected chi connectivity index (χ2v) is 5.47. The number of carbonyl (C=O) groups is 2. The highest BCUT2D eigenvalue weighted by Crippen LogP contribution is 2.08. The van der Waals surface area contributed by atoms with Crippen molar-refractivity contribution in [2.75, 3.05) is 0 Å². The van der Waals surface area contributed by atoms with Gasteiger partial charge in [-0.05, 0) is 36.2 Å². The number of hydrogen-bond donors (Lipinski definition) is 2. The van der Waals surface area contributed by atoms with Crippen molar-refractivity contribution in [3.05, 3.63) is 83.7 Å². The Balaban J connectivity index is 1.60. The number of amides is 2. The molecule has 0 bridgehead atoms. The summed E-state index contributed by atoms with van der Waals surface area (Å²) in [6.45, 7) is 2.05. The molecule has 126 valence electrons. The van der Waals surface area contributed by atoms with E-state index in [4.69, 9.17) is 0 Å². The quantitative estimate of drug-likeness (QED) is 0.720. The zero-order valence-corrected chi connectivity index (χ0v) is 13.8. The summed E-state index contributed by atoms with van der Waals surface area (Å²) >= 11 is 0. The molecule has 1 heterocycles. The molecule has 2 aromatic carbocycles. The highest BCUT2D eigenvalue weighted by Gasteiger charge is 2.11. The Labute approximate surface area is 145 Å². The maximum Gasteiger partial charge on any atom is 0.272 e. The molecule has 0 fully saturated rings. The normalized spacial score (nSPS) is 10.3. The van der Waals surface area contributed by atoms with Crippen molar-refractivity contribution in [2.45, 2.75) is 13.3 Å². The molecule has 0 radical (unpaired) electrons. The van der Waals surface area contributed by atoms with E-state index < -0.39 is 5.91 Å². The summed E-state index contributed by atoms with van der Waals surface area (Å²) in [7, 11) is 0. The molecule has 0 saturated heterocycles. The van der Waals surface area contributed by atoms with Crippen LogP contribution in [0.5, 0.6) is 0 Å². The summed E-state index contributed by atoms with van der Waals surface area (Å²) in [4.78, 5) is 24.2. The van der Waals surface area contributed by atoms with Crippen LogP contribution < -0.4 is 10.9 Å². The van der Waals surface area contributed by atoms with Crippen molar-refractivity contribution in [1.82, 2.24) is 20.6 Å². The molecule has 3 rings (SSSR count). The van der Waals surface area contributed by atoms with Gasteiger partial charge in [0.2, 0.25) is 0 Å². The Bertz CT molecular complexity index is 870. The van der Waals surface area contributed by atoms with Crippen LogP contribution in [0.3, 0.4) is 0 Å². The maximum absolute atomic E-state index is 12.1. The van der Waals surface area contributed by atoms with E-state index in [1.807, 2.05) is 49.4 Å². The van der Waals surface area contributed by atoms with E-state index in [2.05, 4.69) is 16.0 Å². The van der Waals surface area contributed by atoms with Gasteiger partial charge in [0, 0.05) is 11.8 Å². The second kappa shape index (κ2) is 7.44. The number of nitrogens with zero attached hydrogens (tertiary/aromatic N) is 2. The van der Waals surface area contributed by atoms with Crippen LogP contribution in [0.25, 0.3) is 5.69 Å². The van der Waals surface area contributed by atoms with Gasteiger partial charge in [-0.1, -0.05) is 37.3 Å². The maximum atomic E-state index is 12.1. The Kier molecular flexibility index (Phi) is 4.89. The predicted octanol–water partition coefficient (Wildman–Crippen LogP) is 2.51. The van der Waals surface area contributed by atoms with Gasteiger partial charge >= 0.3 is 0 Å². The fourth-order valence-corrected chi connectivity index (χ4v) is 2.31. The molecule has 25 heavy (non-hydrogen) atoms. The van der Waals surface area contributed by atoms with Crippen LogP contribution >= 0.6 is 0 Å². The number of carbonyl (C=O) groups excluding carboxylic acids is 2. The summed E-state index contributed by atoms with van der Waals surface area (Å²) in [5.41, 5.74) is 7.64. The number of aromatic nitrogens is 2. The standard InChI is InChI=1S/C19H18N4O2/c1-2-14-8-10-15(11-9-14)18(24)21-22-19(25)16-12-20-23(13-16)17-6-4-3-5-7-17/h3-13H,2H2,1H3,(H,21,24)(H,22,25). The lowest BCUT2D eigenvalue weighted by atomic mass is 10.1. The van der Waals surface area contributed by atoms with Crippen LogP contribution in [0, 0.1) is 0 Å². The molecule has 0 atom stereocenters. The lowest BCUT2D eigenvalue weighted by molar-refractivity contribution is 0.0846. The van der Waals surface area contributed by atoms with Crippen LogP contribution in [0.15, 0.2) is 67.0 Å². The topological polar surface area (TPSA) is 76.0 Å². The zero-order chi connectivity index (χ0) is 17.6. The van der Waals surface area contributed by atoms with Gasteiger partial charge in [-0.3, -0.25) is 20.4 Å². The van der Waals surface area contributed by atoms with Crippen LogP contribution in [0.4, 0.5) is 0 Å². The monoisotopic (exact) mass is 334 g/mol. The first-order valence-corrected chi connectivity index (χ1v) is 7.97. The molecule has 0 aliphatic rings. The summed E-state index contributed by atoms with van der Waals surface area (Å²) in [5.74, 6) is -0.799. The molecule has 0 aliphatic heterocycles. The Morgan fingerprint density at radius 2 is 1.56 bits per heavy atom. The Hall–Kier alpha value is -3.41. The van der Waals surface area contributed by atoms with Crippen molar-refractivity contribution in [1.29, 1.82) is 0 Å². The van der Waals surface area contributed by atoms with Gasteiger partial charge in [0.1, 0.15) is 0 Å². The van der Waals surface area contributed by atoms with Crippen molar-refractivity contribution < 1.29 is 9.59 Å². The number of hydrogen-bond acceptors (Lipinski definition) is 3. The first kappa shape index (κ1) is 16.4. The number of rotatable bonds is 4. The third-order valence-electron chi connectivity index (χ3n) is 3.78. The van der Waals surface area contributed by atoms with E-state index in [-0.39, 0.29) is 5.91 Å². The zero-order valence-electron chi connectivity index (χ0n) is 13.8. The first-order valence-electron chi connectivity index (χ1n) is 7.97. The van der Waals surface area contributed by atoms with Crippen LogP contribution in [0.2, 0.25) is 0 Å². The molecule has 2 N–H and O–H groups in total. The minimum atomic E-state index is -0.430. The van der Waals surface area contributed by atoms with E-state index in [0.29, 0.717) is 11.1 Å². The van der Waals surface area contributed by atoms with Crippen molar-refractivity contribution in [3.63, 3.8) is 0 Å². The van der Waals surface area contributed by atoms with E-state index in [9.17, 15) is 9.59 Å². The number of hydrazine groups is 1. The smallest absolute Gasteiger partial charge is 0.267 e. The largest absolute Gasteiger partial charge is 0.272 e. The number of para-hydroxylation sites is 1. The lowest BCUT2D eigenvalue weighted by Crippen LogP contribution is -2.41. The SMILES string of the molecule is CCc1ccc(C(=O)NNC(=O)c2cnn(-c3ccccc3)c2)cc1. The van der Waals surface area contributed by atoms with Gasteiger partial charge in [0.25, 0.3) is 11.8 Å². The van der Waals surface area contributed by atoms with Gasteiger partial charge in [-0.15, -0.1) is 0 Å². The summed E-state index contributed by atoms with van der Waals surface area (Å²) < 4.78 is 1.60.